The quantitative estimate of drug-likeness (QED) is 0.447. The summed E-state index contributed by atoms with van der Waals surface area (Å²) in [5.41, 5.74) is 1.78. The van der Waals surface area contributed by atoms with E-state index in [0.717, 1.165) is 13.0 Å². The average molecular weight is 451 g/mol. The molecule has 0 aromatic heterocycles. The Kier molecular flexibility index (Phi) is 7.28. The third-order valence-electron chi connectivity index (χ3n) is 4.43. The normalized spacial score (nSPS) is 18.8. The number of halogens is 1. The van der Waals surface area contributed by atoms with Crippen molar-refractivity contribution in [2.75, 3.05) is 6.54 Å². The van der Waals surface area contributed by atoms with Gasteiger partial charge in [-0.1, -0.05) is 0 Å². The summed E-state index contributed by atoms with van der Waals surface area (Å²) >= 11 is 0.575. The van der Waals surface area contributed by atoms with Crippen LogP contribution in [0.2, 0.25) is 5.32 Å². The average Bonchev–Trinajstić information content (AvgIpc) is 2.87. The predicted molar refractivity (Wildman–Crippen MR) is 100 cm³/mol. The summed E-state index contributed by atoms with van der Waals surface area (Å²) in [5, 5.41) is 1.31. The maximum atomic E-state index is 2.62. The standard InChI is InChI=1S/C21H26NSe.BrH/c1-21(2)15-19(16-23-20-11-7-4-8-12-20)22(17-21)14-13-18-9-5-3-6-10-18;/h3-12,17,19H,13-16H2,1-2H3;1H/q+1;/p-1. The Balaban J connectivity index is 0.00000208. The van der Waals surface area contributed by atoms with Crippen molar-refractivity contribution in [1.29, 1.82) is 0 Å². The van der Waals surface area contributed by atoms with Gasteiger partial charge in [0.1, 0.15) is 0 Å². The van der Waals surface area contributed by atoms with Crippen LogP contribution < -0.4 is 21.4 Å². The minimum atomic E-state index is 0. The summed E-state index contributed by atoms with van der Waals surface area (Å²) in [4.78, 5) is 0. The molecule has 0 saturated heterocycles. The van der Waals surface area contributed by atoms with Crippen LogP contribution in [0.25, 0.3) is 0 Å². The van der Waals surface area contributed by atoms with Crippen LogP contribution in [-0.2, 0) is 6.42 Å². The molecule has 0 fully saturated rings. The van der Waals surface area contributed by atoms with Crippen LogP contribution in [0.5, 0.6) is 0 Å². The Labute approximate surface area is 163 Å². The van der Waals surface area contributed by atoms with Gasteiger partial charge in [0.05, 0.1) is 0 Å². The Morgan fingerprint density at radius 3 is 2.29 bits per heavy atom. The van der Waals surface area contributed by atoms with Gasteiger partial charge in [0, 0.05) is 0 Å². The first-order chi connectivity index (χ1) is 11.1. The van der Waals surface area contributed by atoms with Gasteiger partial charge in [-0.05, 0) is 0 Å². The zero-order valence-corrected chi connectivity index (χ0v) is 17.8. The first-order valence-corrected chi connectivity index (χ1v) is 10.5. The van der Waals surface area contributed by atoms with Gasteiger partial charge < -0.3 is 17.0 Å². The predicted octanol–water partition coefficient (Wildman–Crippen LogP) is 0.563. The molecule has 0 saturated carbocycles. The monoisotopic (exact) mass is 451 g/mol. The fourth-order valence-electron chi connectivity index (χ4n) is 3.35. The van der Waals surface area contributed by atoms with Crippen LogP contribution in [0.1, 0.15) is 25.8 Å². The van der Waals surface area contributed by atoms with Gasteiger partial charge in [0.15, 0.2) is 0 Å². The SMILES string of the molecule is CC1(C)C=[N+](CCc2ccccc2)C(C[Se]c2ccccc2)C1.[Br-]. The van der Waals surface area contributed by atoms with E-state index >= 15 is 0 Å². The van der Waals surface area contributed by atoms with Crippen molar-refractivity contribution in [3.63, 3.8) is 0 Å². The molecule has 0 N–H and O–H groups in total. The topological polar surface area (TPSA) is 3.01 Å². The molecule has 1 heterocycles. The first kappa shape index (κ1) is 19.4. The van der Waals surface area contributed by atoms with E-state index in [1.54, 1.807) is 0 Å². The van der Waals surface area contributed by atoms with Crippen LogP contribution in [0.3, 0.4) is 0 Å². The van der Waals surface area contributed by atoms with E-state index in [0.29, 0.717) is 26.4 Å². The maximum Gasteiger partial charge on any atom is -1.00 e. The summed E-state index contributed by atoms with van der Waals surface area (Å²) in [7, 11) is 0. The molecule has 0 spiro atoms. The smallest absolute Gasteiger partial charge is 1.00 e. The molecule has 3 heteroatoms. The second-order valence-electron chi connectivity index (χ2n) is 7.07. The van der Waals surface area contributed by atoms with Gasteiger partial charge in [-0.15, -0.1) is 0 Å². The molecule has 1 aliphatic rings. The van der Waals surface area contributed by atoms with Crippen LogP contribution in [-0.4, -0.2) is 38.3 Å². The molecule has 1 unspecified atom stereocenters. The summed E-state index contributed by atoms with van der Waals surface area (Å²) in [6.07, 6.45) is 4.92. The van der Waals surface area contributed by atoms with Crippen molar-refractivity contribution in [3.05, 3.63) is 66.2 Å². The second-order valence-corrected chi connectivity index (χ2v) is 9.37. The van der Waals surface area contributed by atoms with Gasteiger partial charge in [0.25, 0.3) is 0 Å². The van der Waals surface area contributed by atoms with Crippen molar-refractivity contribution in [3.8, 4) is 0 Å². The van der Waals surface area contributed by atoms with Gasteiger partial charge >= 0.3 is 146 Å². The number of benzene rings is 2. The molecule has 0 bridgehead atoms. The number of nitrogens with zero attached hydrogens (tertiary/aromatic N) is 1. The molecule has 3 rings (SSSR count). The maximum absolute atomic E-state index is 2.62. The van der Waals surface area contributed by atoms with Crippen molar-refractivity contribution < 1.29 is 21.6 Å². The fraction of sp³-hybridized carbons (Fsp3) is 0.381. The molecule has 1 nitrogen and oxygen atoms in total. The molecule has 2 aromatic carbocycles. The number of hydrogen-bond donors (Lipinski definition) is 0. The first-order valence-electron chi connectivity index (χ1n) is 8.46. The van der Waals surface area contributed by atoms with Crippen LogP contribution in [0.4, 0.5) is 0 Å². The Hall–Kier alpha value is -0.891. The van der Waals surface area contributed by atoms with Gasteiger partial charge in [-0.2, -0.15) is 0 Å². The molecule has 128 valence electrons. The van der Waals surface area contributed by atoms with Gasteiger partial charge in [0.2, 0.25) is 0 Å². The van der Waals surface area contributed by atoms with Crippen LogP contribution in [0, 0.1) is 5.41 Å². The van der Waals surface area contributed by atoms with E-state index in [-0.39, 0.29) is 17.0 Å². The zero-order valence-electron chi connectivity index (χ0n) is 14.5. The van der Waals surface area contributed by atoms with Gasteiger partial charge in [-0.3, -0.25) is 0 Å². The zero-order chi connectivity index (χ0) is 16.1. The molecule has 1 aliphatic heterocycles. The fourth-order valence-corrected chi connectivity index (χ4v) is 5.54. The third-order valence-corrected chi connectivity index (χ3v) is 6.86. The van der Waals surface area contributed by atoms with Crippen LogP contribution >= 0.6 is 0 Å². The number of hydrogen-bond acceptors (Lipinski definition) is 0. The minimum Gasteiger partial charge on any atom is -1.00 e. The Bertz CT molecular complexity index is 652. The minimum absolute atomic E-state index is 0. The molecule has 2 aromatic rings. The van der Waals surface area contributed by atoms with E-state index in [1.165, 1.54) is 21.8 Å². The van der Waals surface area contributed by atoms with Crippen LogP contribution in [0.15, 0.2) is 60.7 Å². The molecule has 0 amide bonds. The van der Waals surface area contributed by atoms with E-state index < -0.39 is 0 Å². The molecule has 24 heavy (non-hydrogen) atoms. The van der Waals surface area contributed by atoms with Crippen molar-refractivity contribution >= 4 is 25.6 Å². The molecular formula is C21H26BrNSe. The number of rotatable bonds is 6. The van der Waals surface area contributed by atoms with E-state index in [9.17, 15) is 0 Å². The molecule has 0 radical (unpaired) electrons. The third kappa shape index (κ3) is 5.58. The molecule has 0 aliphatic carbocycles. The summed E-state index contributed by atoms with van der Waals surface area (Å²) in [6, 6.07) is 22.5. The van der Waals surface area contributed by atoms with E-state index in [2.05, 4.69) is 85.3 Å². The summed E-state index contributed by atoms with van der Waals surface area (Å²) < 4.78 is 4.14. The second kappa shape index (κ2) is 8.99. The van der Waals surface area contributed by atoms with E-state index in [4.69, 9.17) is 0 Å². The van der Waals surface area contributed by atoms with Gasteiger partial charge in [-0.25, -0.2) is 0 Å². The summed E-state index contributed by atoms with van der Waals surface area (Å²) in [6.45, 7) is 5.89. The molecular weight excluding hydrogens is 425 g/mol. The van der Waals surface area contributed by atoms with Crippen molar-refractivity contribution in [2.45, 2.75) is 38.1 Å². The van der Waals surface area contributed by atoms with Crippen molar-refractivity contribution in [1.82, 2.24) is 0 Å². The summed E-state index contributed by atoms with van der Waals surface area (Å²) in [5.74, 6) is 0. The largest absolute Gasteiger partial charge is 1.00 e. The Morgan fingerprint density at radius 1 is 1.00 bits per heavy atom. The Morgan fingerprint density at radius 2 is 1.62 bits per heavy atom. The molecule has 1 atom stereocenters. The van der Waals surface area contributed by atoms with E-state index in [1.807, 2.05) is 0 Å². The van der Waals surface area contributed by atoms with Crippen molar-refractivity contribution in [2.24, 2.45) is 5.41 Å².